The minimum atomic E-state index is 0.584. The van der Waals surface area contributed by atoms with Crippen molar-refractivity contribution in [3.8, 4) is 5.82 Å². The highest BCUT2D eigenvalue weighted by atomic mass is 15.3. The Hall–Kier alpha value is -2.93. The summed E-state index contributed by atoms with van der Waals surface area (Å²) in [6, 6.07) is 12.6. The third-order valence-electron chi connectivity index (χ3n) is 4.97. The van der Waals surface area contributed by atoms with Crippen molar-refractivity contribution in [3.05, 3.63) is 59.7 Å². The number of aromatic nitrogens is 4. The largest absolute Gasteiger partial charge is 0.393 e. The molecule has 1 saturated heterocycles. The highest BCUT2D eigenvalue weighted by Crippen LogP contribution is 2.27. The molecule has 140 valence electrons. The fourth-order valence-corrected chi connectivity index (χ4v) is 3.60. The first-order chi connectivity index (χ1) is 13.1. The van der Waals surface area contributed by atoms with Crippen molar-refractivity contribution in [1.82, 2.24) is 24.6 Å². The summed E-state index contributed by atoms with van der Waals surface area (Å²) < 4.78 is 1.79. The van der Waals surface area contributed by atoms with Gasteiger partial charge in [0.25, 0.3) is 0 Å². The fraction of sp³-hybridized carbons (Fsp3) is 0.350. The van der Waals surface area contributed by atoms with Crippen LogP contribution in [0.4, 0.5) is 11.5 Å². The third kappa shape index (κ3) is 3.64. The van der Waals surface area contributed by atoms with Crippen LogP contribution in [0, 0.1) is 13.8 Å². The zero-order valence-corrected chi connectivity index (χ0v) is 15.8. The third-order valence-corrected chi connectivity index (χ3v) is 4.97. The zero-order chi connectivity index (χ0) is 18.8. The van der Waals surface area contributed by atoms with E-state index >= 15 is 0 Å². The molecule has 2 N–H and O–H groups in total. The van der Waals surface area contributed by atoms with Gasteiger partial charge in [-0.25, -0.2) is 14.6 Å². The fourth-order valence-electron chi connectivity index (χ4n) is 3.60. The molecule has 0 bridgehead atoms. The van der Waals surface area contributed by atoms with E-state index in [4.69, 9.17) is 5.73 Å². The van der Waals surface area contributed by atoms with Crippen LogP contribution < -0.4 is 10.6 Å². The van der Waals surface area contributed by atoms with E-state index in [2.05, 4.69) is 55.2 Å². The summed E-state index contributed by atoms with van der Waals surface area (Å²) in [5.74, 6) is 1.45. The average Bonchev–Trinajstić information content (AvgIpc) is 3.01. The molecule has 0 amide bonds. The summed E-state index contributed by atoms with van der Waals surface area (Å²) in [5, 5.41) is 4.51. The lowest BCUT2D eigenvalue weighted by molar-refractivity contribution is 0.249. The lowest BCUT2D eigenvalue weighted by Crippen LogP contribution is -2.46. The van der Waals surface area contributed by atoms with E-state index in [0.717, 1.165) is 49.9 Å². The minimum absolute atomic E-state index is 0.584. The summed E-state index contributed by atoms with van der Waals surface area (Å²) in [6.45, 7) is 8.69. The lowest BCUT2D eigenvalue weighted by atomic mass is 10.2. The molecule has 3 aromatic rings. The maximum atomic E-state index is 6.44. The predicted octanol–water partition coefficient (Wildman–Crippen LogP) is 2.18. The molecule has 0 saturated carbocycles. The van der Waals surface area contributed by atoms with E-state index in [0.29, 0.717) is 11.5 Å². The summed E-state index contributed by atoms with van der Waals surface area (Å²) in [4.78, 5) is 13.5. The van der Waals surface area contributed by atoms with Gasteiger partial charge in [0.1, 0.15) is 12.0 Å². The highest BCUT2D eigenvalue weighted by molar-refractivity contribution is 5.70. The van der Waals surface area contributed by atoms with Crippen molar-refractivity contribution in [2.75, 3.05) is 36.8 Å². The van der Waals surface area contributed by atoms with Crippen molar-refractivity contribution in [2.24, 2.45) is 0 Å². The summed E-state index contributed by atoms with van der Waals surface area (Å²) in [5.41, 5.74) is 10.3. The lowest BCUT2D eigenvalue weighted by Gasteiger charge is -2.36. The Morgan fingerprint density at radius 3 is 2.33 bits per heavy atom. The molecule has 1 fully saturated rings. The van der Waals surface area contributed by atoms with Crippen molar-refractivity contribution >= 4 is 11.5 Å². The number of hydrogen-bond acceptors (Lipinski definition) is 6. The molecular formula is C20H25N7. The summed E-state index contributed by atoms with van der Waals surface area (Å²) >= 11 is 0. The van der Waals surface area contributed by atoms with Crippen molar-refractivity contribution in [1.29, 1.82) is 0 Å². The monoisotopic (exact) mass is 363 g/mol. The van der Waals surface area contributed by atoms with Crippen molar-refractivity contribution in [2.45, 2.75) is 20.4 Å². The topological polar surface area (TPSA) is 76.1 Å². The second kappa shape index (κ2) is 7.36. The number of nitrogens with zero attached hydrogens (tertiary/aromatic N) is 6. The Balaban J connectivity index is 1.49. The van der Waals surface area contributed by atoms with Gasteiger partial charge in [-0.2, -0.15) is 5.10 Å². The normalized spacial score (nSPS) is 15.3. The van der Waals surface area contributed by atoms with E-state index < -0.39 is 0 Å². The van der Waals surface area contributed by atoms with E-state index in [9.17, 15) is 0 Å². The van der Waals surface area contributed by atoms with E-state index in [1.54, 1.807) is 11.0 Å². The van der Waals surface area contributed by atoms with E-state index in [1.165, 1.54) is 5.56 Å². The number of hydrogen-bond donors (Lipinski definition) is 1. The van der Waals surface area contributed by atoms with Crippen LogP contribution in [0.5, 0.6) is 0 Å². The highest BCUT2D eigenvalue weighted by Gasteiger charge is 2.22. The van der Waals surface area contributed by atoms with Gasteiger partial charge in [-0.05, 0) is 25.5 Å². The number of benzene rings is 1. The van der Waals surface area contributed by atoms with Gasteiger partial charge in [0.05, 0.1) is 5.69 Å². The van der Waals surface area contributed by atoms with Crippen LogP contribution in [0.25, 0.3) is 5.82 Å². The Morgan fingerprint density at radius 1 is 0.963 bits per heavy atom. The number of piperazine rings is 1. The molecule has 4 rings (SSSR count). The second-order valence-electron chi connectivity index (χ2n) is 7.02. The van der Waals surface area contributed by atoms with Gasteiger partial charge in [-0.1, -0.05) is 30.3 Å². The number of aryl methyl sites for hydroxylation is 2. The summed E-state index contributed by atoms with van der Waals surface area (Å²) in [7, 11) is 0. The van der Waals surface area contributed by atoms with Gasteiger partial charge in [0.2, 0.25) is 0 Å². The van der Waals surface area contributed by atoms with E-state index in [1.807, 2.05) is 19.9 Å². The zero-order valence-electron chi connectivity index (χ0n) is 15.8. The number of anilines is 2. The number of nitrogens with two attached hydrogens (primary N) is 1. The van der Waals surface area contributed by atoms with Crippen LogP contribution in [-0.2, 0) is 6.54 Å². The Labute approximate surface area is 159 Å². The minimum Gasteiger partial charge on any atom is -0.393 e. The van der Waals surface area contributed by atoms with Crippen molar-refractivity contribution < 1.29 is 0 Å². The van der Waals surface area contributed by atoms with Crippen molar-refractivity contribution in [3.63, 3.8) is 0 Å². The van der Waals surface area contributed by atoms with Gasteiger partial charge in [0.15, 0.2) is 11.6 Å². The van der Waals surface area contributed by atoms with Crippen LogP contribution in [0.1, 0.15) is 17.0 Å². The Morgan fingerprint density at radius 2 is 1.67 bits per heavy atom. The molecule has 7 nitrogen and oxygen atoms in total. The molecule has 0 unspecified atom stereocenters. The van der Waals surface area contributed by atoms with Gasteiger partial charge in [-0.15, -0.1) is 0 Å². The van der Waals surface area contributed by atoms with Crippen LogP contribution >= 0.6 is 0 Å². The maximum absolute atomic E-state index is 6.44. The Kier molecular flexibility index (Phi) is 4.77. The molecule has 27 heavy (non-hydrogen) atoms. The van der Waals surface area contributed by atoms with Crippen LogP contribution in [-0.4, -0.2) is 50.8 Å². The van der Waals surface area contributed by atoms with Crippen LogP contribution in [0.15, 0.2) is 42.7 Å². The smallest absolute Gasteiger partial charge is 0.182 e. The average molecular weight is 363 g/mol. The molecule has 2 aromatic heterocycles. The summed E-state index contributed by atoms with van der Waals surface area (Å²) in [6.07, 6.45) is 1.58. The maximum Gasteiger partial charge on any atom is 0.182 e. The molecule has 0 aliphatic carbocycles. The first-order valence-electron chi connectivity index (χ1n) is 9.27. The van der Waals surface area contributed by atoms with Gasteiger partial charge in [-0.3, -0.25) is 4.90 Å². The first-order valence-corrected chi connectivity index (χ1v) is 9.27. The molecule has 0 atom stereocenters. The molecule has 1 aromatic carbocycles. The van der Waals surface area contributed by atoms with Gasteiger partial charge >= 0.3 is 0 Å². The molecule has 0 spiro atoms. The molecular weight excluding hydrogens is 338 g/mol. The van der Waals surface area contributed by atoms with Gasteiger partial charge < -0.3 is 10.6 Å². The Bertz CT molecular complexity index is 911. The van der Waals surface area contributed by atoms with Crippen LogP contribution in [0.3, 0.4) is 0 Å². The first kappa shape index (κ1) is 17.5. The standard InChI is InChI=1S/C20H25N7/c1-15-12-16(2)27(24-15)20-18(21)19(22-14-23-20)26-10-8-25(9-11-26)13-17-6-4-3-5-7-17/h3-7,12,14H,8-11,13,21H2,1-2H3. The van der Waals surface area contributed by atoms with E-state index in [-0.39, 0.29) is 0 Å². The number of nitrogen functional groups attached to an aromatic ring is 1. The predicted molar refractivity (Wildman–Crippen MR) is 107 cm³/mol. The number of rotatable bonds is 4. The molecule has 1 aliphatic rings. The van der Waals surface area contributed by atoms with Crippen LogP contribution in [0.2, 0.25) is 0 Å². The van der Waals surface area contributed by atoms with Gasteiger partial charge in [0, 0.05) is 38.4 Å². The molecule has 7 heteroatoms. The molecule has 3 heterocycles. The SMILES string of the molecule is Cc1cc(C)n(-c2ncnc(N3CCN(Cc4ccccc4)CC3)c2N)n1. The second-order valence-corrected chi connectivity index (χ2v) is 7.02. The molecule has 0 radical (unpaired) electrons. The molecule has 1 aliphatic heterocycles. The quantitative estimate of drug-likeness (QED) is 0.766.